The molecule has 1 aliphatic heterocycles. The molecule has 15 heavy (non-hydrogen) atoms. The van der Waals surface area contributed by atoms with Gasteiger partial charge < -0.3 is 14.9 Å². The highest BCUT2D eigenvalue weighted by molar-refractivity contribution is 7.72. The topological polar surface area (TPSA) is 49.7 Å². The van der Waals surface area contributed by atoms with Crippen molar-refractivity contribution >= 4 is 21.0 Å². The van der Waals surface area contributed by atoms with Gasteiger partial charge in [-0.2, -0.15) is 0 Å². The molecule has 1 heterocycles. The van der Waals surface area contributed by atoms with Crippen LogP contribution in [0.5, 0.6) is 0 Å². The van der Waals surface area contributed by atoms with Gasteiger partial charge in [0.1, 0.15) is 19.6 Å². The van der Waals surface area contributed by atoms with Crippen molar-refractivity contribution in [2.75, 3.05) is 19.5 Å². The zero-order chi connectivity index (χ0) is 11.9. The first-order valence-electron chi connectivity index (χ1n) is 5.13. The minimum Gasteiger partial charge on any atom is -0.387 e. The lowest BCUT2D eigenvalue weighted by molar-refractivity contribution is -0.0425. The molecule has 0 aromatic rings. The Morgan fingerprint density at radius 2 is 2.07 bits per heavy atom. The molecule has 86 valence electrons. The monoisotopic (exact) mass is 230 g/mol. The summed E-state index contributed by atoms with van der Waals surface area (Å²) in [5, 5.41) is 19.6. The van der Waals surface area contributed by atoms with Crippen LogP contribution in [0.4, 0.5) is 0 Å². The standard InChI is InChI=1S/C10H20BO3P/c1-10(13)8(12)7(14-9(10)11)5-6-15(2,3)4/h7-9,12-13H,2,5-6H2,1,3-4H3/t7-,8-,9-,10+/m1/s1. The minimum atomic E-state index is -1.34. The molecule has 0 amide bonds. The Bertz CT molecular complexity index is 274. The highest BCUT2D eigenvalue weighted by atomic mass is 31.2. The van der Waals surface area contributed by atoms with Crippen LogP contribution in [0, 0.1) is 0 Å². The van der Waals surface area contributed by atoms with Gasteiger partial charge in [0.15, 0.2) is 0 Å². The summed E-state index contributed by atoms with van der Waals surface area (Å²) in [6, 6.07) is -0.802. The minimum absolute atomic E-state index is 0.365. The van der Waals surface area contributed by atoms with Gasteiger partial charge >= 0.3 is 0 Å². The van der Waals surface area contributed by atoms with Crippen molar-refractivity contribution in [2.24, 2.45) is 0 Å². The SMILES string of the molecule is [B][C@@H]1O[C@H](CCP(=C)(C)C)[C@@H](O)[C@]1(C)O. The summed E-state index contributed by atoms with van der Waals surface area (Å²) >= 11 is 0. The van der Waals surface area contributed by atoms with Crippen LogP contribution in [0.25, 0.3) is 0 Å². The second-order valence-corrected chi connectivity index (χ2v) is 9.53. The van der Waals surface area contributed by atoms with Gasteiger partial charge in [0.25, 0.3) is 0 Å². The van der Waals surface area contributed by atoms with E-state index in [4.69, 9.17) is 12.6 Å². The fourth-order valence-corrected chi connectivity index (χ4v) is 2.60. The maximum atomic E-state index is 9.82. The number of aliphatic hydroxyl groups is 2. The number of ether oxygens (including phenoxy) is 1. The van der Waals surface area contributed by atoms with Gasteiger partial charge in [-0.1, -0.05) is 0 Å². The first-order valence-corrected chi connectivity index (χ1v) is 8.19. The van der Waals surface area contributed by atoms with Crippen LogP contribution in [-0.2, 0) is 4.74 Å². The third-order valence-corrected chi connectivity index (χ3v) is 4.34. The van der Waals surface area contributed by atoms with E-state index in [1.165, 1.54) is 6.92 Å². The van der Waals surface area contributed by atoms with Crippen molar-refractivity contribution in [3.8, 4) is 0 Å². The van der Waals surface area contributed by atoms with Crippen LogP contribution in [0.3, 0.4) is 0 Å². The highest BCUT2D eigenvalue weighted by Crippen LogP contribution is 2.39. The van der Waals surface area contributed by atoms with E-state index < -0.39 is 24.6 Å². The molecule has 1 rings (SSSR count). The van der Waals surface area contributed by atoms with Crippen molar-refractivity contribution in [3.63, 3.8) is 0 Å². The maximum Gasteiger partial charge on any atom is 0.113 e. The van der Waals surface area contributed by atoms with Crippen molar-refractivity contribution in [2.45, 2.75) is 37.2 Å². The summed E-state index contributed by atoms with van der Waals surface area (Å²) in [5.41, 5.74) is -1.34. The number of hydrogen-bond donors (Lipinski definition) is 2. The smallest absolute Gasteiger partial charge is 0.113 e. The van der Waals surface area contributed by atoms with Crippen LogP contribution in [-0.4, -0.2) is 67.7 Å². The average Bonchev–Trinajstić information content (AvgIpc) is 2.25. The fourth-order valence-electron chi connectivity index (χ4n) is 1.65. The van der Waals surface area contributed by atoms with Crippen molar-refractivity contribution < 1.29 is 14.9 Å². The van der Waals surface area contributed by atoms with Crippen LogP contribution < -0.4 is 0 Å². The van der Waals surface area contributed by atoms with E-state index >= 15 is 0 Å². The molecule has 5 heteroatoms. The van der Waals surface area contributed by atoms with E-state index in [2.05, 4.69) is 19.6 Å². The van der Waals surface area contributed by atoms with Crippen LogP contribution >= 0.6 is 6.89 Å². The fraction of sp³-hybridized carbons (Fsp3) is 0.900. The first kappa shape index (κ1) is 13.3. The summed E-state index contributed by atoms with van der Waals surface area (Å²) in [5.74, 6) is 0. The van der Waals surface area contributed by atoms with E-state index in [0.717, 1.165) is 6.16 Å². The van der Waals surface area contributed by atoms with Crippen LogP contribution in [0.1, 0.15) is 13.3 Å². The van der Waals surface area contributed by atoms with Gasteiger partial charge in [0.2, 0.25) is 0 Å². The third kappa shape index (κ3) is 3.10. The van der Waals surface area contributed by atoms with E-state index in [1.807, 2.05) is 0 Å². The number of hydrogen-bond acceptors (Lipinski definition) is 3. The molecule has 3 nitrogen and oxygen atoms in total. The lowest BCUT2D eigenvalue weighted by Crippen LogP contribution is -2.45. The Labute approximate surface area is 93.2 Å². The molecule has 0 saturated carbocycles. The van der Waals surface area contributed by atoms with E-state index in [9.17, 15) is 10.2 Å². The lowest BCUT2D eigenvalue weighted by atomic mass is 9.82. The van der Waals surface area contributed by atoms with Gasteiger partial charge in [-0.25, -0.2) is 0 Å². The molecule has 0 bridgehead atoms. The Morgan fingerprint density at radius 1 is 1.53 bits per heavy atom. The molecular weight excluding hydrogens is 210 g/mol. The molecule has 1 aliphatic rings. The molecule has 1 saturated heterocycles. The molecule has 0 aromatic heterocycles. The summed E-state index contributed by atoms with van der Waals surface area (Å²) in [6.07, 6.45) is 4.46. The summed E-state index contributed by atoms with van der Waals surface area (Å²) in [4.78, 5) is 0. The molecule has 0 aliphatic carbocycles. The maximum absolute atomic E-state index is 9.82. The average molecular weight is 230 g/mol. The van der Waals surface area contributed by atoms with Gasteiger partial charge in [-0.15, -0.1) is 13.2 Å². The largest absolute Gasteiger partial charge is 0.387 e. The predicted octanol–water partition coefficient (Wildman–Crippen LogP) is 0.0910. The predicted molar refractivity (Wildman–Crippen MR) is 66.4 cm³/mol. The van der Waals surface area contributed by atoms with Gasteiger partial charge in [0.05, 0.1) is 6.10 Å². The molecule has 0 aromatic carbocycles. The van der Waals surface area contributed by atoms with Gasteiger partial charge in [-0.3, -0.25) is 0 Å². The second kappa shape index (κ2) is 4.25. The van der Waals surface area contributed by atoms with Crippen molar-refractivity contribution in [1.82, 2.24) is 0 Å². The van der Waals surface area contributed by atoms with E-state index in [0.29, 0.717) is 6.42 Å². The zero-order valence-electron chi connectivity index (χ0n) is 9.68. The third-order valence-electron chi connectivity index (χ3n) is 2.87. The van der Waals surface area contributed by atoms with E-state index in [1.54, 1.807) is 0 Å². The summed E-state index contributed by atoms with van der Waals surface area (Å²) in [6.45, 7) is 4.65. The van der Waals surface area contributed by atoms with E-state index in [-0.39, 0.29) is 6.10 Å². The first-order chi connectivity index (χ1) is 6.64. The highest BCUT2D eigenvalue weighted by Gasteiger charge is 2.48. The zero-order valence-corrected chi connectivity index (χ0v) is 10.6. The molecule has 4 atom stereocenters. The summed E-state index contributed by atoms with van der Waals surface area (Å²) in [7, 11) is 5.59. The van der Waals surface area contributed by atoms with Gasteiger partial charge in [-0.05, 0) is 32.8 Å². The van der Waals surface area contributed by atoms with Crippen molar-refractivity contribution in [1.29, 1.82) is 0 Å². The molecule has 0 unspecified atom stereocenters. The second-order valence-electron chi connectivity index (χ2n) is 5.21. The lowest BCUT2D eigenvalue weighted by Gasteiger charge is -2.25. The van der Waals surface area contributed by atoms with Gasteiger partial charge in [0, 0.05) is 6.00 Å². The van der Waals surface area contributed by atoms with Crippen LogP contribution in [0.15, 0.2) is 0 Å². The molecule has 2 radical (unpaired) electrons. The van der Waals surface area contributed by atoms with Crippen LogP contribution in [0.2, 0.25) is 0 Å². The quantitative estimate of drug-likeness (QED) is 0.533. The number of aliphatic hydroxyl groups excluding tert-OH is 1. The Morgan fingerprint density at radius 3 is 2.40 bits per heavy atom. The Balaban J connectivity index is 2.57. The molecule has 2 N–H and O–H groups in total. The summed E-state index contributed by atoms with van der Waals surface area (Å²) < 4.78 is 5.35. The Kier molecular flexibility index (Phi) is 3.77. The molecular formula is C10H20BO3P. The molecule has 0 spiro atoms. The normalized spacial score (nSPS) is 42.1. The molecule has 1 fully saturated rings. The number of rotatable bonds is 3. The Hall–Kier alpha value is 0.245. The van der Waals surface area contributed by atoms with Crippen molar-refractivity contribution in [3.05, 3.63) is 0 Å².